The van der Waals surface area contributed by atoms with Gasteiger partial charge in [0.05, 0.1) is 23.0 Å². The smallest absolute Gasteiger partial charge is 0.334 e. The van der Waals surface area contributed by atoms with E-state index in [-0.39, 0.29) is 53.0 Å². The summed E-state index contributed by atoms with van der Waals surface area (Å²) in [4.78, 5) is 27.2. The molecule has 3 aliphatic carbocycles. The molecule has 3 aliphatic rings. The Kier molecular flexibility index (Phi) is 8.15. The first-order valence-electron chi connectivity index (χ1n) is 14.0. The summed E-state index contributed by atoms with van der Waals surface area (Å²) in [6.07, 6.45) is 1.53. The number of carbonyl (C=O) groups excluding carboxylic acids is 1. The third-order valence-corrected chi connectivity index (χ3v) is 12.2. The lowest BCUT2D eigenvalue weighted by Crippen LogP contribution is -2.63. The third kappa shape index (κ3) is 4.77. The van der Waals surface area contributed by atoms with E-state index in [0.717, 1.165) is 31.2 Å². The number of ether oxygens (including phenoxy) is 2. The zero-order valence-corrected chi connectivity index (χ0v) is 25.0. The summed E-state index contributed by atoms with van der Waals surface area (Å²) in [5, 5.41) is 10.6. The van der Waals surface area contributed by atoms with Gasteiger partial charge in [0, 0.05) is 26.1 Å². The Labute approximate surface area is 232 Å². The molecule has 39 heavy (non-hydrogen) atoms. The van der Waals surface area contributed by atoms with Crippen LogP contribution in [0.1, 0.15) is 65.4 Å². The first kappa shape index (κ1) is 30.2. The van der Waals surface area contributed by atoms with Crippen LogP contribution in [0.4, 0.5) is 0 Å². The average Bonchev–Trinajstić information content (AvgIpc) is 3.28. The van der Waals surface area contributed by atoms with Gasteiger partial charge in [0.2, 0.25) is 0 Å². The van der Waals surface area contributed by atoms with E-state index in [1.807, 2.05) is 20.8 Å². The molecule has 9 heteroatoms. The van der Waals surface area contributed by atoms with Crippen molar-refractivity contribution in [2.24, 2.45) is 39.9 Å². The monoisotopic (exact) mass is 564 g/mol. The fourth-order valence-corrected chi connectivity index (χ4v) is 9.78. The Bertz CT molecular complexity index is 1200. The van der Waals surface area contributed by atoms with Crippen LogP contribution in [0, 0.1) is 46.8 Å². The molecule has 0 saturated heterocycles. The maximum Gasteiger partial charge on any atom is 0.334 e. The highest BCUT2D eigenvalue weighted by atomic mass is 32.2. The number of aliphatic carboxylic acids is 1. The second kappa shape index (κ2) is 10.5. The van der Waals surface area contributed by atoms with Gasteiger partial charge in [-0.05, 0) is 73.8 Å². The Hall–Kier alpha value is -1.81. The van der Waals surface area contributed by atoms with Gasteiger partial charge in [0.25, 0.3) is 10.1 Å². The highest BCUT2D eigenvalue weighted by molar-refractivity contribution is 7.86. The Balaban J connectivity index is 1.92. The van der Waals surface area contributed by atoms with E-state index in [9.17, 15) is 23.1 Å². The SMILES string of the molecule is COC[C@]1(C)C[C@@H](C(OS(=O)(=O)c2ccc(C)cc2)C(=O)O)[C@@]2(C)[C@H](C)CC[C@]3(CC[C@@H](OC)[C@@H]32)[C@@H](C)C1=O. The molecule has 0 aromatic heterocycles. The number of hydrogen-bond donors (Lipinski definition) is 1. The quantitative estimate of drug-likeness (QED) is 0.444. The maximum atomic E-state index is 14.3. The Morgan fingerprint density at radius 3 is 2.28 bits per heavy atom. The van der Waals surface area contributed by atoms with Crippen molar-refractivity contribution in [2.75, 3.05) is 20.8 Å². The zero-order chi connectivity index (χ0) is 29.0. The number of carbonyl (C=O) groups is 2. The molecule has 2 bridgehead atoms. The van der Waals surface area contributed by atoms with Gasteiger partial charge >= 0.3 is 5.97 Å². The van der Waals surface area contributed by atoms with E-state index < -0.39 is 38.9 Å². The number of rotatable bonds is 8. The lowest BCUT2D eigenvalue weighted by molar-refractivity contribution is -0.196. The molecule has 218 valence electrons. The van der Waals surface area contributed by atoms with Crippen molar-refractivity contribution in [2.45, 2.75) is 83.8 Å². The summed E-state index contributed by atoms with van der Waals surface area (Å²) in [6.45, 7) is 10.0. The van der Waals surface area contributed by atoms with E-state index in [4.69, 9.17) is 13.7 Å². The normalized spacial score (nSPS) is 39.5. The van der Waals surface area contributed by atoms with Crippen molar-refractivity contribution in [1.29, 1.82) is 0 Å². The molecule has 0 aliphatic heterocycles. The zero-order valence-electron chi connectivity index (χ0n) is 24.2. The predicted octanol–water partition coefficient (Wildman–Crippen LogP) is 4.88. The molecule has 1 N–H and O–H groups in total. The van der Waals surface area contributed by atoms with Crippen molar-refractivity contribution in [3.8, 4) is 0 Å². The van der Waals surface area contributed by atoms with Gasteiger partial charge in [-0.3, -0.25) is 8.98 Å². The molecule has 3 saturated carbocycles. The van der Waals surface area contributed by atoms with Crippen LogP contribution >= 0.6 is 0 Å². The predicted molar refractivity (Wildman–Crippen MR) is 146 cm³/mol. The van der Waals surface area contributed by atoms with Gasteiger partial charge in [-0.2, -0.15) is 8.42 Å². The fourth-order valence-electron chi connectivity index (χ4n) is 8.71. The summed E-state index contributed by atoms with van der Waals surface area (Å²) in [7, 11) is -1.20. The summed E-state index contributed by atoms with van der Waals surface area (Å²) >= 11 is 0. The molecule has 1 aromatic carbocycles. The fraction of sp³-hybridized carbons (Fsp3) is 0.733. The van der Waals surface area contributed by atoms with Crippen LogP contribution in [-0.2, 0) is 33.4 Å². The summed E-state index contributed by atoms with van der Waals surface area (Å²) in [5.74, 6) is -2.44. The van der Waals surface area contributed by atoms with Crippen LogP contribution in [0.2, 0.25) is 0 Å². The van der Waals surface area contributed by atoms with Gasteiger partial charge in [-0.15, -0.1) is 0 Å². The molecule has 0 heterocycles. The standard InChI is InChI=1S/C30H44O8S/c1-18-8-10-21(11-9-18)39(34,35)38-24(27(32)33)22-16-28(4,17-36-6)26(31)20(3)30-14-12-19(2)29(22,5)25(30)23(37-7)13-15-30/h8-11,19-20,22-25H,12-17H2,1-7H3,(H,32,33)/t19-,20+,22+,23-,24?,25-,28+,29-,30+/m1/s1. The van der Waals surface area contributed by atoms with E-state index in [2.05, 4.69) is 13.8 Å². The van der Waals surface area contributed by atoms with Gasteiger partial charge in [-0.25, -0.2) is 4.79 Å². The van der Waals surface area contributed by atoms with Crippen molar-refractivity contribution < 1.29 is 36.8 Å². The molecular formula is C30H44O8S. The number of aryl methyl sites for hydroxylation is 1. The second-order valence-corrected chi connectivity index (χ2v) is 14.4. The molecule has 4 rings (SSSR count). The number of carboxylic acids is 1. The minimum atomic E-state index is -4.41. The first-order chi connectivity index (χ1) is 18.2. The van der Waals surface area contributed by atoms with Crippen molar-refractivity contribution in [3.63, 3.8) is 0 Å². The van der Waals surface area contributed by atoms with Gasteiger partial charge in [0.1, 0.15) is 5.78 Å². The highest BCUT2D eigenvalue weighted by Crippen LogP contribution is 2.70. The largest absolute Gasteiger partial charge is 0.479 e. The second-order valence-electron chi connectivity index (χ2n) is 12.8. The van der Waals surface area contributed by atoms with Crippen LogP contribution in [0.25, 0.3) is 0 Å². The van der Waals surface area contributed by atoms with Crippen LogP contribution in [-0.4, -0.2) is 58.3 Å². The molecule has 0 spiro atoms. The van der Waals surface area contributed by atoms with E-state index >= 15 is 0 Å². The van der Waals surface area contributed by atoms with Crippen LogP contribution in [0.3, 0.4) is 0 Å². The minimum Gasteiger partial charge on any atom is -0.479 e. The number of carboxylic acid groups (broad SMARTS) is 1. The van der Waals surface area contributed by atoms with Crippen molar-refractivity contribution in [3.05, 3.63) is 29.8 Å². The van der Waals surface area contributed by atoms with E-state index in [0.29, 0.717) is 0 Å². The highest BCUT2D eigenvalue weighted by Gasteiger charge is 2.69. The van der Waals surface area contributed by atoms with Crippen LogP contribution in [0.5, 0.6) is 0 Å². The Morgan fingerprint density at radius 1 is 1.10 bits per heavy atom. The number of methoxy groups -OCH3 is 2. The number of benzene rings is 1. The van der Waals surface area contributed by atoms with E-state index in [1.165, 1.54) is 19.2 Å². The third-order valence-electron chi connectivity index (χ3n) is 10.9. The number of hydrogen-bond acceptors (Lipinski definition) is 7. The Morgan fingerprint density at radius 2 is 1.72 bits per heavy atom. The van der Waals surface area contributed by atoms with Crippen LogP contribution < -0.4 is 0 Å². The molecule has 8 nitrogen and oxygen atoms in total. The molecular weight excluding hydrogens is 520 g/mol. The molecule has 1 aromatic rings. The number of Topliss-reactive ketones (excluding diaryl/α,β-unsaturated/α-hetero) is 1. The average molecular weight is 565 g/mol. The van der Waals surface area contributed by atoms with Gasteiger partial charge < -0.3 is 14.6 Å². The lowest BCUT2D eigenvalue weighted by atomic mass is 9.41. The maximum absolute atomic E-state index is 14.3. The molecule has 0 amide bonds. The summed E-state index contributed by atoms with van der Waals surface area (Å²) < 4.78 is 44.2. The molecule has 9 atom stereocenters. The first-order valence-corrected chi connectivity index (χ1v) is 15.4. The molecule has 3 fully saturated rings. The summed E-state index contributed by atoms with van der Waals surface area (Å²) in [6, 6.07) is 6.15. The molecule has 0 radical (unpaired) electrons. The topological polar surface area (TPSA) is 116 Å². The van der Waals surface area contributed by atoms with Crippen LogP contribution in [0.15, 0.2) is 29.2 Å². The van der Waals surface area contributed by atoms with Gasteiger partial charge in [0.15, 0.2) is 6.10 Å². The van der Waals surface area contributed by atoms with Gasteiger partial charge in [-0.1, -0.05) is 45.4 Å². The van der Waals surface area contributed by atoms with E-state index in [1.54, 1.807) is 19.2 Å². The van der Waals surface area contributed by atoms with Crippen molar-refractivity contribution in [1.82, 2.24) is 0 Å². The van der Waals surface area contributed by atoms with Crippen molar-refractivity contribution >= 4 is 21.9 Å². The summed E-state index contributed by atoms with van der Waals surface area (Å²) in [5.41, 5.74) is -1.18. The lowest BCUT2D eigenvalue weighted by Gasteiger charge is -2.63. The molecule has 1 unspecified atom stereocenters. The number of ketones is 1. The minimum absolute atomic E-state index is 0.0400.